The summed E-state index contributed by atoms with van der Waals surface area (Å²) in [5.74, 6) is 5.86. The lowest BCUT2D eigenvalue weighted by Gasteiger charge is -2.01. The van der Waals surface area contributed by atoms with Gasteiger partial charge in [-0.1, -0.05) is 35.2 Å². The van der Waals surface area contributed by atoms with E-state index in [1.165, 1.54) is 38.1 Å². The van der Waals surface area contributed by atoms with Crippen molar-refractivity contribution >= 4 is 34.4 Å². The van der Waals surface area contributed by atoms with E-state index in [9.17, 15) is 9.59 Å². The van der Waals surface area contributed by atoms with E-state index in [4.69, 9.17) is 11.6 Å². The van der Waals surface area contributed by atoms with Gasteiger partial charge in [-0.2, -0.15) is 0 Å². The van der Waals surface area contributed by atoms with E-state index in [-0.39, 0.29) is 15.8 Å². The highest BCUT2D eigenvalue weighted by atomic mass is 35.5. The van der Waals surface area contributed by atoms with E-state index in [0.717, 1.165) is 0 Å². The molecule has 4 nitrogen and oxygen atoms in total. The molecule has 0 amide bonds. The van der Waals surface area contributed by atoms with E-state index >= 15 is 0 Å². The Bertz CT molecular complexity index is 549. The summed E-state index contributed by atoms with van der Waals surface area (Å²) in [6, 6.07) is 1.53. The maximum atomic E-state index is 11.4. The van der Waals surface area contributed by atoms with Crippen molar-refractivity contribution in [2.45, 2.75) is 13.3 Å². The zero-order chi connectivity index (χ0) is 14.3. The van der Waals surface area contributed by atoms with Crippen LogP contribution in [0.25, 0.3) is 0 Å². The second-order valence-electron chi connectivity index (χ2n) is 3.45. The molecular formula is C13H12ClNO3S. The summed E-state index contributed by atoms with van der Waals surface area (Å²) in [7, 11) is 1.27. The van der Waals surface area contributed by atoms with Gasteiger partial charge in [-0.3, -0.25) is 4.79 Å². The summed E-state index contributed by atoms with van der Waals surface area (Å²) in [6.07, 6.45) is 2.07. The molecule has 0 saturated heterocycles. The Morgan fingerprint density at radius 1 is 1.53 bits per heavy atom. The smallest absolute Gasteiger partial charge is 0.341 e. The molecule has 1 aromatic rings. The maximum Gasteiger partial charge on any atom is 0.341 e. The standard InChI is InChI=1S/C13H12ClNO3S/c1-9(16)19-6-4-3-5-10-7-11(13(17)18-2)12(14)15-8-10/h7-8H,4,6H2,1-2H3. The summed E-state index contributed by atoms with van der Waals surface area (Å²) in [5.41, 5.74) is 0.770. The first-order valence-electron chi connectivity index (χ1n) is 5.40. The molecule has 0 aromatic carbocycles. The molecule has 0 saturated carbocycles. The monoisotopic (exact) mass is 297 g/mol. The largest absolute Gasteiger partial charge is 0.465 e. The van der Waals surface area contributed by atoms with Gasteiger partial charge in [0.2, 0.25) is 0 Å². The number of hydrogen-bond acceptors (Lipinski definition) is 5. The van der Waals surface area contributed by atoms with Crippen LogP contribution in [0.15, 0.2) is 12.3 Å². The Hall–Kier alpha value is -1.51. The first-order chi connectivity index (χ1) is 9.04. The van der Waals surface area contributed by atoms with Crippen molar-refractivity contribution in [1.29, 1.82) is 0 Å². The number of pyridine rings is 1. The number of hydrogen-bond donors (Lipinski definition) is 0. The van der Waals surface area contributed by atoms with E-state index in [2.05, 4.69) is 21.6 Å². The molecule has 6 heteroatoms. The van der Waals surface area contributed by atoms with Crippen LogP contribution in [0.2, 0.25) is 5.15 Å². The van der Waals surface area contributed by atoms with Crippen LogP contribution in [0.4, 0.5) is 0 Å². The van der Waals surface area contributed by atoms with Crippen LogP contribution in [0.1, 0.15) is 29.3 Å². The highest BCUT2D eigenvalue weighted by molar-refractivity contribution is 8.13. The van der Waals surface area contributed by atoms with Crippen LogP contribution >= 0.6 is 23.4 Å². The average molecular weight is 298 g/mol. The maximum absolute atomic E-state index is 11.4. The van der Waals surface area contributed by atoms with Gasteiger partial charge in [-0.15, -0.1) is 0 Å². The van der Waals surface area contributed by atoms with Crippen molar-refractivity contribution < 1.29 is 14.3 Å². The lowest BCUT2D eigenvalue weighted by atomic mass is 10.2. The summed E-state index contributed by atoms with van der Waals surface area (Å²) in [5, 5.41) is 0.160. The third-order valence-electron chi connectivity index (χ3n) is 2.01. The number of ether oxygens (including phenoxy) is 1. The fraction of sp³-hybridized carbons (Fsp3) is 0.308. The Morgan fingerprint density at radius 3 is 2.89 bits per heavy atom. The molecule has 0 aliphatic rings. The zero-order valence-corrected chi connectivity index (χ0v) is 12.1. The summed E-state index contributed by atoms with van der Waals surface area (Å²) >= 11 is 7.02. The number of halogens is 1. The number of nitrogens with zero attached hydrogens (tertiary/aromatic N) is 1. The quantitative estimate of drug-likeness (QED) is 0.371. The molecule has 1 rings (SSSR count). The Morgan fingerprint density at radius 2 is 2.26 bits per heavy atom. The number of rotatable bonds is 3. The highest BCUT2D eigenvalue weighted by Crippen LogP contribution is 2.15. The molecule has 0 N–H and O–H groups in total. The first kappa shape index (κ1) is 15.5. The third-order valence-corrected chi connectivity index (χ3v) is 3.13. The van der Waals surface area contributed by atoms with E-state index in [0.29, 0.717) is 17.7 Å². The fourth-order valence-corrected chi connectivity index (χ4v) is 1.85. The van der Waals surface area contributed by atoms with Gasteiger partial charge in [0, 0.05) is 30.9 Å². The first-order valence-corrected chi connectivity index (χ1v) is 6.77. The highest BCUT2D eigenvalue weighted by Gasteiger charge is 2.11. The molecule has 0 atom stereocenters. The van der Waals surface area contributed by atoms with Crippen LogP contribution in [0, 0.1) is 11.8 Å². The van der Waals surface area contributed by atoms with Gasteiger partial charge in [0.25, 0.3) is 0 Å². The van der Waals surface area contributed by atoms with Gasteiger partial charge in [0.05, 0.1) is 12.7 Å². The van der Waals surface area contributed by atoms with Gasteiger partial charge in [0.1, 0.15) is 5.15 Å². The third kappa shape index (κ3) is 5.33. The molecule has 1 heterocycles. The molecule has 100 valence electrons. The van der Waals surface area contributed by atoms with Gasteiger partial charge in [0.15, 0.2) is 5.12 Å². The second kappa shape index (κ2) is 7.82. The Balaban J connectivity index is 2.72. The predicted molar refractivity (Wildman–Crippen MR) is 75.2 cm³/mol. The van der Waals surface area contributed by atoms with Gasteiger partial charge in [-0.25, -0.2) is 9.78 Å². The van der Waals surface area contributed by atoms with Crippen molar-refractivity contribution in [2.75, 3.05) is 12.9 Å². The summed E-state index contributed by atoms with van der Waals surface area (Å²) in [6.45, 7) is 1.52. The number of esters is 1. The minimum absolute atomic E-state index is 0.0722. The lowest BCUT2D eigenvalue weighted by molar-refractivity contribution is -0.109. The van der Waals surface area contributed by atoms with Crippen LogP contribution in [-0.4, -0.2) is 28.9 Å². The molecule has 0 unspecified atom stereocenters. The molecule has 0 bridgehead atoms. The minimum Gasteiger partial charge on any atom is -0.465 e. The van der Waals surface area contributed by atoms with Gasteiger partial charge >= 0.3 is 5.97 Å². The van der Waals surface area contributed by atoms with E-state index < -0.39 is 5.97 Å². The normalized spacial score (nSPS) is 9.42. The van der Waals surface area contributed by atoms with Crippen LogP contribution in [-0.2, 0) is 9.53 Å². The van der Waals surface area contributed by atoms with Crippen molar-refractivity contribution in [3.63, 3.8) is 0 Å². The number of aromatic nitrogens is 1. The van der Waals surface area contributed by atoms with Gasteiger partial charge < -0.3 is 4.74 Å². The van der Waals surface area contributed by atoms with Crippen molar-refractivity contribution in [3.05, 3.63) is 28.5 Å². The average Bonchev–Trinajstić information content (AvgIpc) is 2.39. The van der Waals surface area contributed by atoms with Crippen LogP contribution in [0.3, 0.4) is 0 Å². The molecule has 0 aliphatic heterocycles. The van der Waals surface area contributed by atoms with Crippen molar-refractivity contribution in [2.24, 2.45) is 0 Å². The van der Waals surface area contributed by atoms with E-state index in [1.807, 2.05) is 0 Å². The molecule has 0 aliphatic carbocycles. The molecular weight excluding hydrogens is 286 g/mol. The molecule has 1 aromatic heterocycles. The van der Waals surface area contributed by atoms with Crippen molar-refractivity contribution in [3.8, 4) is 11.8 Å². The molecule has 0 fully saturated rings. The molecule has 19 heavy (non-hydrogen) atoms. The zero-order valence-electron chi connectivity index (χ0n) is 10.5. The summed E-state index contributed by atoms with van der Waals surface area (Å²) < 4.78 is 4.59. The topological polar surface area (TPSA) is 56.3 Å². The Kier molecular flexibility index (Phi) is 6.40. The number of carbonyl (C=O) groups excluding carboxylic acids is 2. The van der Waals surface area contributed by atoms with Gasteiger partial charge in [-0.05, 0) is 6.07 Å². The molecule has 0 radical (unpaired) electrons. The minimum atomic E-state index is -0.548. The number of carbonyl (C=O) groups is 2. The lowest BCUT2D eigenvalue weighted by Crippen LogP contribution is -2.03. The second-order valence-corrected chi connectivity index (χ2v) is 5.08. The Labute approximate surface area is 120 Å². The fourth-order valence-electron chi connectivity index (χ4n) is 1.18. The number of thioether (sulfide) groups is 1. The summed E-state index contributed by atoms with van der Waals surface area (Å²) in [4.78, 5) is 26.0. The van der Waals surface area contributed by atoms with Crippen molar-refractivity contribution in [1.82, 2.24) is 4.98 Å². The molecule has 0 spiro atoms. The predicted octanol–water partition coefficient (Wildman–Crippen LogP) is 2.54. The SMILES string of the molecule is COC(=O)c1cc(C#CCCSC(C)=O)cnc1Cl. The van der Waals surface area contributed by atoms with Crippen LogP contribution in [0.5, 0.6) is 0 Å². The van der Waals surface area contributed by atoms with E-state index in [1.54, 1.807) is 0 Å². The number of methoxy groups -OCH3 is 1. The van der Waals surface area contributed by atoms with Crippen LogP contribution < -0.4 is 0 Å².